The molecule has 3 rings (SSSR count). The number of ether oxygens (including phenoxy) is 1. The summed E-state index contributed by atoms with van der Waals surface area (Å²) in [4.78, 5) is 16.0. The predicted molar refractivity (Wildman–Crippen MR) is 106 cm³/mol. The standard InChI is InChI=1S/C21H18ClN3O2/c1-15(24-25-21(26)19-8-5-13-23-20(19)22)17-9-11-18(12-10-17)27-14-16-6-3-2-4-7-16/h2-13H,14H2,1H3,(H,25,26)/b24-15+. The van der Waals surface area contributed by atoms with E-state index in [4.69, 9.17) is 16.3 Å². The monoisotopic (exact) mass is 379 g/mol. The zero-order valence-electron chi connectivity index (χ0n) is 14.7. The molecular formula is C21H18ClN3O2. The van der Waals surface area contributed by atoms with Gasteiger partial charge in [-0.05, 0) is 54.4 Å². The number of aromatic nitrogens is 1. The Morgan fingerprint density at radius 1 is 1.07 bits per heavy atom. The molecule has 0 saturated heterocycles. The van der Waals surface area contributed by atoms with E-state index in [2.05, 4.69) is 15.5 Å². The quantitative estimate of drug-likeness (QED) is 0.390. The lowest BCUT2D eigenvalue weighted by Crippen LogP contribution is -2.20. The molecule has 6 heteroatoms. The molecule has 27 heavy (non-hydrogen) atoms. The SMILES string of the molecule is C/C(=N\NC(=O)c1cccnc1Cl)c1ccc(OCc2ccccc2)cc1. The highest BCUT2D eigenvalue weighted by Crippen LogP contribution is 2.15. The van der Waals surface area contributed by atoms with Crippen molar-refractivity contribution in [3.63, 3.8) is 0 Å². The zero-order valence-corrected chi connectivity index (χ0v) is 15.5. The fourth-order valence-corrected chi connectivity index (χ4v) is 2.55. The Balaban J connectivity index is 1.59. The molecule has 1 N–H and O–H groups in total. The smallest absolute Gasteiger partial charge is 0.274 e. The molecule has 0 unspecified atom stereocenters. The third kappa shape index (κ3) is 5.15. The average Bonchev–Trinajstić information content (AvgIpc) is 2.72. The molecular weight excluding hydrogens is 362 g/mol. The van der Waals surface area contributed by atoms with Crippen LogP contribution < -0.4 is 10.2 Å². The molecule has 0 aliphatic heterocycles. The largest absolute Gasteiger partial charge is 0.489 e. The number of carbonyl (C=O) groups is 1. The second kappa shape index (κ2) is 8.96. The first-order valence-corrected chi connectivity index (χ1v) is 8.73. The number of benzene rings is 2. The van der Waals surface area contributed by atoms with Crippen molar-refractivity contribution in [1.29, 1.82) is 0 Å². The zero-order chi connectivity index (χ0) is 19.1. The van der Waals surface area contributed by atoms with Crippen LogP contribution in [0.1, 0.15) is 28.4 Å². The van der Waals surface area contributed by atoms with Crippen LogP contribution in [0.3, 0.4) is 0 Å². The highest BCUT2D eigenvalue weighted by molar-refractivity contribution is 6.32. The van der Waals surface area contributed by atoms with Crippen LogP contribution in [-0.4, -0.2) is 16.6 Å². The summed E-state index contributed by atoms with van der Waals surface area (Å²) < 4.78 is 5.76. The average molecular weight is 380 g/mol. The van der Waals surface area contributed by atoms with Crippen LogP contribution >= 0.6 is 11.6 Å². The van der Waals surface area contributed by atoms with Crippen molar-refractivity contribution in [3.8, 4) is 5.75 Å². The van der Waals surface area contributed by atoms with E-state index in [9.17, 15) is 4.79 Å². The highest BCUT2D eigenvalue weighted by atomic mass is 35.5. The van der Waals surface area contributed by atoms with E-state index in [-0.39, 0.29) is 10.7 Å². The number of nitrogens with one attached hydrogen (secondary N) is 1. The van der Waals surface area contributed by atoms with E-state index in [1.807, 2.05) is 61.5 Å². The normalized spacial score (nSPS) is 11.1. The third-order valence-electron chi connectivity index (χ3n) is 3.85. The first kappa shape index (κ1) is 18.6. The van der Waals surface area contributed by atoms with Crippen molar-refractivity contribution in [2.75, 3.05) is 0 Å². The van der Waals surface area contributed by atoms with Gasteiger partial charge in [0, 0.05) is 6.20 Å². The maximum absolute atomic E-state index is 12.1. The third-order valence-corrected chi connectivity index (χ3v) is 4.15. The fraction of sp³-hybridized carbons (Fsp3) is 0.0952. The second-order valence-corrected chi connectivity index (χ2v) is 6.14. The van der Waals surface area contributed by atoms with Crippen molar-refractivity contribution < 1.29 is 9.53 Å². The number of hydrazone groups is 1. The van der Waals surface area contributed by atoms with Crippen LogP contribution in [0.4, 0.5) is 0 Å². The molecule has 0 aliphatic rings. The van der Waals surface area contributed by atoms with E-state index < -0.39 is 5.91 Å². The van der Waals surface area contributed by atoms with Crippen LogP contribution in [0.25, 0.3) is 0 Å². The summed E-state index contributed by atoms with van der Waals surface area (Å²) in [6.45, 7) is 2.32. The Kier molecular flexibility index (Phi) is 6.18. The van der Waals surface area contributed by atoms with Gasteiger partial charge in [0.25, 0.3) is 5.91 Å². The maximum atomic E-state index is 12.1. The molecule has 0 bridgehead atoms. The minimum atomic E-state index is -0.407. The molecule has 1 amide bonds. The number of halogens is 1. The van der Waals surface area contributed by atoms with E-state index >= 15 is 0 Å². The number of nitrogens with zero attached hydrogens (tertiary/aromatic N) is 2. The molecule has 0 saturated carbocycles. The first-order valence-electron chi connectivity index (χ1n) is 8.36. The summed E-state index contributed by atoms with van der Waals surface area (Å²) in [5.74, 6) is 0.358. The van der Waals surface area contributed by atoms with Crippen LogP contribution in [0.15, 0.2) is 78.0 Å². The van der Waals surface area contributed by atoms with Gasteiger partial charge in [-0.25, -0.2) is 10.4 Å². The number of carbonyl (C=O) groups excluding carboxylic acids is 1. The van der Waals surface area contributed by atoms with Crippen molar-refractivity contribution in [2.24, 2.45) is 5.10 Å². The number of pyridine rings is 1. The van der Waals surface area contributed by atoms with Gasteiger partial charge in [-0.3, -0.25) is 4.79 Å². The highest BCUT2D eigenvalue weighted by Gasteiger charge is 2.10. The van der Waals surface area contributed by atoms with Crippen LogP contribution in [0.5, 0.6) is 5.75 Å². The summed E-state index contributed by atoms with van der Waals surface area (Å²) >= 11 is 5.91. The van der Waals surface area contributed by atoms with Crippen LogP contribution in [0, 0.1) is 0 Å². The van der Waals surface area contributed by atoms with Crippen molar-refractivity contribution in [3.05, 3.63) is 94.8 Å². The molecule has 0 atom stereocenters. The summed E-state index contributed by atoms with van der Waals surface area (Å²) in [6.07, 6.45) is 1.52. The molecule has 3 aromatic rings. The molecule has 0 radical (unpaired) electrons. The molecule has 0 aliphatic carbocycles. The number of hydrogen-bond donors (Lipinski definition) is 1. The first-order chi connectivity index (χ1) is 13.1. The predicted octanol–water partition coefficient (Wildman–Crippen LogP) is 4.47. The van der Waals surface area contributed by atoms with Gasteiger partial charge in [0.2, 0.25) is 0 Å². The summed E-state index contributed by atoms with van der Waals surface area (Å²) in [6, 6.07) is 20.7. The van der Waals surface area contributed by atoms with E-state index in [1.54, 1.807) is 12.1 Å². The van der Waals surface area contributed by atoms with Gasteiger partial charge < -0.3 is 4.74 Å². The van der Waals surface area contributed by atoms with Gasteiger partial charge in [0.1, 0.15) is 17.5 Å². The molecule has 1 heterocycles. The lowest BCUT2D eigenvalue weighted by molar-refractivity contribution is 0.0954. The molecule has 5 nitrogen and oxygen atoms in total. The molecule has 136 valence electrons. The molecule has 1 aromatic heterocycles. The Morgan fingerprint density at radius 3 is 2.52 bits per heavy atom. The Labute approximate surface area is 162 Å². The minimum Gasteiger partial charge on any atom is -0.489 e. The van der Waals surface area contributed by atoms with Crippen LogP contribution in [-0.2, 0) is 6.61 Å². The van der Waals surface area contributed by atoms with Crippen molar-refractivity contribution >= 4 is 23.2 Å². The van der Waals surface area contributed by atoms with Crippen molar-refractivity contribution in [2.45, 2.75) is 13.5 Å². The molecule has 0 spiro atoms. The van der Waals surface area contributed by atoms with Gasteiger partial charge in [-0.15, -0.1) is 0 Å². The van der Waals surface area contributed by atoms with Gasteiger partial charge >= 0.3 is 0 Å². The lowest BCUT2D eigenvalue weighted by atomic mass is 10.1. The van der Waals surface area contributed by atoms with Gasteiger partial charge in [-0.2, -0.15) is 5.10 Å². The van der Waals surface area contributed by atoms with E-state index in [0.717, 1.165) is 16.9 Å². The van der Waals surface area contributed by atoms with E-state index in [0.29, 0.717) is 12.3 Å². The van der Waals surface area contributed by atoms with Crippen LogP contribution in [0.2, 0.25) is 5.15 Å². The number of rotatable bonds is 6. The van der Waals surface area contributed by atoms with Gasteiger partial charge in [0.05, 0.1) is 11.3 Å². The Morgan fingerprint density at radius 2 is 1.81 bits per heavy atom. The lowest BCUT2D eigenvalue weighted by Gasteiger charge is -2.08. The molecule has 2 aromatic carbocycles. The van der Waals surface area contributed by atoms with E-state index in [1.165, 1.54) is 6.20 Å². The summed E-state index contributed by atoms with van der Waals surface area (Å²) in [7, 11) is 0. The van der Waals surface area contributed by atoms with Crippen molar-refractivity contribution in [1.82, 2.24) is 10.4 Å². The maximum Gasteiger partial charge on any atom is 0.274 e. The topological polar surface area (TPSA) is 63.6 Å². The van der Waals surface area contributed by atoms with Gasteiger partial charge in [-0.1, -0.05) is 41.9 Å². The molecule has 0 fully saturated rings. The summed E-state index contributed by atoms with van der Waals surface area (Å²) in [5.41, 5.74) is 5.42. The Bertz CT molecular complexity index is 941. The summed E-state index contributed by atoms with van der Waals surface area (Å²) in [5, 5.41) is 4.27. The number of hydrogen-bond acceptors (Lipinski definition) is 4. The number of amides is 1. The second-order valence-electron chi connectivity index (χ2n) is 5.78. The van der Waals surface area contributed by atoms with Gasteiger partial charge in [0.15, 0.2) is 0 Å². The minimum absolute atomic E-state index is 0.141. The fourth-order valence-electron chi connectivity index (χ4n) is 2.35. The Hall–Kier alpha value is -3.18.